The largest absolute Gasteiger partial charge is 0.457 e. The summed E-state index contributed by atoms with van der Waals surface area (Å²) in [5, 5.41) is 14.8. The topological polar surface area (TPSA) is 67.2 Å². The standard InChI is InChI=1S/C67H51N7O/c1-67(2,3)53-38-60(69-40-52(53)43-19-8-6-9-20-43)74-56-34-31-42(39-68)35-51(56)48-33-32-47(37-59(48)74)75-46-24-18-23-45(36-46)72-41-73(58-30-17-16-29-57(58)72)66-64-62(49-25-12-14-27-54(49)70(64)4)61(44-21-10-7-11-22-44)63-50-26-13-15-28-55(50)71(5)65(63)66/h6-38,40H,41H2,1-5H3/i4D3,5D3. The summed E-state index contributed by atoms with van der Waals surface area (Å²) in [6.07, 6.45) is 1.96. The van der Waals surface area contributed by atoms with Gasteiger partial charge >= 0.3 is 0 Å². The van der Waals surface area contributed by atoms with Crippen LogP contribution in [-0.2, 0) is 19.4 Å². The third-order valence-electron chi connectivity index (χ3n) is 15.0. The predicted octanol–water partition coefficient (Wildman–Crippen LogP) is 17.0. The van der Waals surface area contributed by atoms with Gasteiger partial charge in [-0.05, 0) is 94.9 Å². The van der Waals surface area contributed by atoms with Crippen molar-refractivity contribution < 1.29 is 13.0 Å². The Bertz CT molecular complexity index is 4640. The summed E-state index contributed by atoms with van der Waals surface area (Å²) in [4.78, 5) is 9.36. The van der Waals surface area contributed by atoms with Crippen LogP contribution >= 0.6 is 0 Å². The van der Waals surface area contributed by atoms with Crippen molar-refractivity contribution in [3.05, 3.63) is 218 Å². The normalized spacial score (nSPS) is 14.3. The van der Waals surface area contributed by atoms with Gasteiger partial charge in [0.1, 0.15) is 24.0 Å². The number of rotatable bonds is 7. The number of hydrogen-bond donors (Lipinski definition) is 0. The molecule has 13 aromatic rings. The first-order valence-corrected chi connectivity index (χ1v) is 25.1. The van der Waals surface area contributed by atoms with Gasteiger partial charge in [0, 0.05) is 101 Å². The molecule has 0 atom stereocenters. The average molecular weight is 976 g/mol. The summed E-state index contributed by atoms with van der Waals surface area (Å²) in [5.41, 5.74) is 11.7. The number of nitrogens with zero attached hydrogens (tertiary/aromatic N) is 7. The molecule has 4 aromatic heterocycles. The molecule has 0 N–H and O–H groups in total. The molecule has 1 aliphatic rings. The van der Waals surface area contributed by atoms with E-state index in [-0.39, 0.29) is 12.1 Å². The minimum atomic E-state index is -2.69. The molecule has 0 saturated heterocycles. The van der Waals surface area contributed by atoms with Crippen molar-refractivity contribution in [2.45, 2.75) is 26.2 Å². The molecule has 0 unspecified atom stereocenters. The average Bonchev–Trinajstić information content (AvgIpc) is 2.26. The summed E-state index contributed by atoms with van der Waals surface area (Å²) in [6, 6.07) is 67.4. The van der Waals surface area contributed by atoms with E-state index in [9.17, 15) is 13.5 Å². The summed E-state index contributed by atoms with van der Waals surface area (Å²) in [5.74, 6) is 1.89. The van der Waals surface area contributed by atoms with Gasteiger partial charge in [-0.15, -0.1) is 0 Å². The monoisotopic (exact) mass is 975 g/mol. The highest BCUT2D eigenvalue weighted by Gasteiger charge is 2.35. The molecular formula is C67H51N7O. The Morgan fingerprint density at radius 3 is 1.84 bits per heavy atom. The highest BCUT2D eigenvalue weighted by atomic mass is 16.5. The summed E-state index contributed by atoms with van der Waals surface area (Å²) in [7, 11) is 0. The Morgan fingerprint density at radius 2 is 1.17 bits per heavy atom. The number of para-hydroxylation sites is 4. The van der Waals surface area contributed by atoms with Gasteiger partial charge in [0.05, 0.1) is 50.8 Å². The van der Waals surface area contributed by atoms with Crippen LogP contribution in [0.1, 0.15) is 40.1 Å². The van der Waals surface area contributed by atoms with Crippen LogP contribution in [0.5, 0.6) is 11.5 Å². The van der Waals surface area contributed by atoms with Crippen LogP contribution in [0, 0.1) is 11.3 Å². The van der Waals surface area contributed by atoms with Gasteiger partial charge in [0.2, 0.25) is 0 Å². The highest BCUT2D eigenvalue weighted by Crippen LogP contribution is 2.54. The summed E-state index contributed by atoms with van der Waals surface area (Å²) in [6.45, 7) is 1.45. The number of fused-ring (bicyclic) bond motifs is 10. The molecule has 8 heteroatoms. The fraction of sp³-hybridized carbons (Fsp3) is 0.104. The number of aryl methyl sites for hydroxylation is 2. The van der Waals surface area contributed by atoms with Crippen LogP contribution in [0.25, 0.3) is 93.5 Å². The summed E-state index contributed by atoms with van der Waals surface area (Å²) < 4.78 is 67.4. The number of hydrogen-bond acceptors (Lipinski definition) is 5. The molecule has 14 rings (SSSR count). The maximum Gasteiger partial charge on any atom is 0.137 e. The van der Waals surface area contributed by atoms with E-state index in [2.05, 4.69) is 59.4 Å². The van der Waals surface area contributed by atoms with E-state index in [1.165, 1.54) is 9.13 Å². The van der Waals surface area contributed by atoms with Crippen molar-refractivity contribution in [2.24, 2.45) is 14.0 Å². The lowest BCUT2D eigenvalue weighted by Gasteiger charge is -2.26. The Morgan fingerprint density at radius 1 is 0.547 bits per heavy atom. The molecular weight excluding hydrogens is 919 g/mol. The zero-order chi connectivity index (χ0) is 55.7. The Hall–Kier alpha value is -9.58. The lowest BCUT2D eigenvalue weighted by Crippen LogP contribution is -2.25. The second-order valence-electron chi connectivity index (χ2n) is 20.4. The molecule has 0 radical (unpaired) electrons. The summed E-state index contributed by atoms with van der Waals surface area (Å²) >= 11 is 0. The fourth-order valence-electron chi connectivity index (χ4n) is 11.7. The first-order valence-electron chi connectivity index (χ1n) is 28.1. The molecule has 360 valence electrons. The second kappa shape index (κ2) is 16.7. The smallest absolute Gasteiger partial charge is 0.137 e. The van der Waals surface area contributed by atoms with Crippen LogP contribution in [0.4, 0.5) is 22.7 Å². The minimum absolute atomic E-state index is 0.187. The van der Waals surface area contributed by atoms with E-state index in [0.717, 1.165) is 83.3 Å². The highest BCUT2D eigenvalue weighted by molar-refractivity contribution is 6.33. The van der Waals surface area contributed by atoms with Crippen molar-refractivity contribution in [3.8, 4) is 45.6 Å². The predicted molar refractivity (Wildman–Crippen MR) is 309 cm³/mol. The Kier molecular flexibility index (Phi) is 8.50. The number of pyridine rings is 1. The number of nitriles is 1. The van der Waals surface area contributed by atoms with E-state index in [1.54, 1.807) is 0 Å². The Balaban J connectivity index is 0.935. The van der Waals surface area contributed by atoms with E-state index in [4.69, 9.17) is 9.72 Å². The van der Waals surface area contributed by atoms with Crippen molar-refractivity contribution in [1.82, 2.24) is 18.7 Å². The van der Waals surface area contributed by atoms with E-state index < -0.39 is 14.0 Å². The van der Waals surface area contributed by atoms with Gasteiger partial charge < -0.3 is 23.7 Å². The van der Waals surface area contributed by atoms with Crippen LogP contribution in [-0.4, -0.2) is 25.4 Å². The molecule has 0 fully saturated rings. The van der Waals surface area contributed by atoms with Gasteiger partial charge in [0.25, 0.3) is 0 Å². The molecule has 0 spiro atoms. The first-order chi connectivity index (χ1) is 39.1. The lowest BCUT2D eigenvalue weighted by atomic mass is 9.82. The molecule has 0 bridgehead atoms. The van der Waals surface area contributed by atoms with E-state index in [0.29, 0.717) is 55.6 Å². The van der Waals surface area contributed by atoms with Gasteiger partial charge in [-0.1, -0.05) is 136 Å². The zero-order valence-electron chi connectivity index (χ0n) is 47.4. The quantitative estimate of drug-likeness (QED) is 0.159. The van der Waals surface area contributed by atoms with Gasteiger partial charge in [-0.3, -0.25) is 4.57 Å². The van der Waals surface area contributed by atoms with Crippen molar-refractivity contribution in [2.75, 3.05) is 16.5 Å². The molecule has 0 saturated carbocycles. The number of ether oxygens (including phenoxy) is 1. The molecule has 8 nitrogen and oxygen atoms in total. The second-order valence-corrected chi connectivity index (χ2v) is 20.4. The van der Waals surface area contributed by atoms with Crippen molar-refractivity contribution in [1.29, 1.82) is 5.26 Å². The van der Waals surface area contributed by atoms with Crippen LogP contribution in [0.2, 0.25) is 0 Å². The van der Waals surface area contributed by atoms with Crippen molar-refractivity contribution >= 4 is 88.2 Å². The van der Waals surface area contributed by atoms with Gasteiger partial charge in [0.15, 0.2) is 0 Å². The minimum Gasteiger partial charge on any atom is -0.457 e. The Labute approximate surface area is 443 Å². The number of aromatic nitrogens is 4. The van der Waals surface area contributed by atoms with Crippen molar-refractivity contribution in [3.63, 3.8) is 0 Å². The van der Waals surface area contributed by atoms with Crippen LogP contribution < -0.4 is 14.5 Å². The number of anilines is 4. The maximum atomic E-state index is 10.0. The maximum absolute atomic E-state index is 10.0. The molecule has 1 aliphatic heterocycles. The van der Waals surface area contributed by atoms with E-state index in [1.807, 2.05) is 188 Å². The van der Waals surface area contributed by atoms with Gasteiger partial charge in [-0.2, -0.15) is 5.26 Å². The fourth-order valence-corrected chi connectivity index (χ4v) is 11.7. The first kappa shape index (κ1) is 38.1. The molecule has 5 heterocycles. The number of benzene rings is 9. The molecule has 9 aromatic carbocycles. The third kappa shape index (κ3) is 6.78. The zero-order valence-corrected chi connectivity index (χ0v) is 41.4. The van der Waals surface area contributed by atoms with E-state index >= 15 is 0 Å². The molecule has 0 aliphatic carbocycles. The molecule has 0 amide bonds. The third-order valence-corrected chi connectivity index (χ3v) is 15.0. The van der Waals surface area contributed by atoms with Crippen LogP contribution in [0.15, 0.2) is 206 Å². The van der Waals surface area contributed by atoms with Gasteiger partial charge in [-0.25, -0.2) is 4.98 Å². The van der Waals surface area contributed by atoms with Crippen LogP contribution in [0.3, 0.4) is 0 Å². The lowest BCUT2D eigenvalue weighted by molar-refractivity contribution is 0.483. The SMILES string of the molecule is [2H]C([2H])([2H])n1c2ccccc2c2c(-c3ccccc3)c3c4ccccc4n(C([2H])([2H])[2H])c3c(N3CN(c4cccc(Oc5ccc6c7cc(C#N)ccc7n(-c7cc(C(C)(C)C)c(-c8ccccc8)cn7)c6c5)c4)c4ccccc43)c21. The molecule has 75 heavy (non-hydrogen) atoms.